The summed E-state index contributed by atoms with van der Waals surface area (Å²) in [7, 11) is -8.05. The zero-order chi connectivity index (χ0) is 26.5. The molecule has 0 spiro atoms. The van der Waals surface area contributed by atoms with Gasteiger partial charge in [0.2, 0.25) is 31.9 Å². The Kier molecular flexibility index (Phi) is 8.88. The standard InChI is InChI=1S/C24H32N4O6S2/c1-18-5-9-21(10-6-18)35(31,32)27-13-4-14-28(36(33,34)22-11-7-19(2)8-12-22)17-24(30)26-20(3)15-25-23(29)16-27/h5-12,20H,4,13-17H2,1-3H3,(H,25,29)(H,26,30)/t20-/m0/s1. The van der Waals surface area contributed by atoms with Crippen molar-refractivity contribution >= 4 is 31.9 Å². The lowest BCUT2D eigenvalue weighted by molar-refractivity contribution is -0.123. The first kappa shape index (κ1) is 27.8. The van der Waals surface area contributed by atoms with Crippen molar-refractivity contribution in [2.24, 2.45) is 0 Å². The maximum Gasteiger partial charge on any atom is 0.243 e. The summed E-state index contributed by atoms with van der Waals surface area (Å²) in [6.45, 7) is 4.32. The third-order valence-electron chi connectivity index (χ3n) is 5.79. The molecule has 0 bridgehead atoms. The van der Waals surface area contributed by atoms with Gasteiger partial charge in [0.15, 0.2) is 0 Å². The molecular formula is C24H32N4O6S2. The highest BCUT2D eigenvalue weighted by atomic mass is 32.2. The molecule has 1 fully saturated rings. The first-order valence-corrected chi connectivity index (χ1v) is 14.5. The van der Waals surface area contributed by atoms with Gasteiger partial charge in [-0.15, -0.1) is 0 Å². The summed E-state index contributed by atoms with van der Waals surface area (Å²) in [6.07, 6.45) is 0.0757. The maximum absolute atomic E-state index is 13.3. The lowest BCUT2D eigenvalue weighted by Crippen LogP contribution is -2.47. The normalized spacial score (nSPS) is 19.9. The third kappa shape index (κ3) is 6.90. The van der Waals surface area contributed by atoms with Crippen molar-refractivity contribution in [3.63, 3.8) is 0 Å². The van der Waals surface area contributed by atoms with Gasteiger partial charge in [0.05, 0.1) is 22.9 Å². The summed E-state index contributed by atoms with van der Waals surface area (Å²) in [5.74, 6) is -1.04. The summed E-state index contributed by atoms with van der Waals surface area (Å²) >= 11 is 0. The number of amides is 2. The molecular weight excluding hydrogens is 504 g/mol. The van der Waals surface area contributed by atoms with Gasteiger partial charge in [-0.25, -0.2) is 16.8 Å². The van der Waals surface area contributed by atoms with E-state index in [2.05, 4.69) is 10.6 Å². The second kappa shape index (κ2) is 11.5. The maximum atomic E-state index is 13.3. The number of carbonyl (C=O) groups excluding carboxylic acids is 2. The minimum atomic E-state index is -4.03. The summed E-state index contributed by atoms with van der Waals surface area (Å²) in [5, 5.41) is 5.32. The van der Waals surface area contributed by atoms with Gasteiger partial charge >= 0.3 is 0 Å². The number of nitrogens with zero attached hydrogens (tertiary/aromatic N) is 2. The summed E-state index contributed by atoms with van der Waals surface area (Å²) in [6, 6.07) is 12.1. The van der Waals surface area contributed by atoms with Crippen LogP contribution in [0.15, 0.2) is 58.3 Å². The van der Waals surface area contributed by atoms with Crippen LogP contribution in [0.4, 0.5) is 0 Å². The Balaban J connectivity index is 1.92. The van der Waals surface area contributed by atoms with Gasteiger partial charge in [0.1, 0.15) is 0 Å². The van der Waals surface area contributed by atoms with E-state index in [1.54, 1.807) is 31.2 Å². The molecule has 2 amide bonds. The molecule has 2 aromatic rings. The number of benzene rings is 2. The predicted octanol–water partition coefficient (Wildman–Crippen LogP) is 1.01. The lowest BCUT2D eigenvalue weighted by Gasteiger charge is -2.24. The van der Waals surface area contributed by atoms with E-state index in [-0.39, 0.29) is 35.8 Å². The molecule has 1 atom stereocenters. The number of sulfonamides is 2. The molecule has 196 valence electrons. The van der Waals surface area contributed by atoms with E-state index >= 15 is 0 Å². The van der Waals surface area contributed by atoms with Gasteiger partial charge in [-0.3, -0.25) is 9.59 Å². The Morgan fingerprint density at radius 3 is 1.58 bits per heavy atom. The van der Waals surface area contributed by atoms with E-state index in [0.29, 0.717) is 0 Å². The van der Waals surface area contributed by atoms with Crippen LogP contribution in [0.5, 0.6) is 0 Å². The molecule has 10 nitrogen and oxygen atoms in total. The van der Waals surface area contributed by atoms with Crippen LogP contribution in [0, 0.1) is 13.8 Å². The molecule has 0 radical (unpaired) electrons. The summed E-state index contributed by atoms with van der Waals surface area (Å²) < 4.78 is 55.4. The van der Waals surface area contributed by atoms with Crippen molar-refractivity contribution < 1.29 is 26.4 Å². The van der Waals surface area contributed by atoms with E-state index in [1.165, 1.54) is 24.3 Å². The van der Waals surface area contributed by atoms with Crippen molar-refractivity contribution in [1.29, 1.82) is 0 Å². The molecule has 3 rings (SSSR count). The monoisotopic (exact) mass is 536 g/mol. The van der Waals surface area contributed by atoms with Gasteiger partial charge in [0.25, 0.3) is 0 Å². The quantitative estimate of drug-likeness (QED) is 0.599. The Morgan fingerprint density at radius 1 is 0.722 bits per heavy atom. The van der Waals surface area contributed by atoms with E-state index in [4.69, 9.17) is 0 Å². The Morgan fingerprint density at radius 2 is 1.14 bits per heavy atom. The minimum absolute atomic E-state index is 0.0410. The van der Waals surface area contributed by atoms with Crippen LogP contribution in [0.25, 0.3) is 0 Å². The van der Waals surface area contributed by atoms with E-state index in [1.807, 2.05) is 13.8 Å². The van der Waals surface area contributed by atoms with Crippen LogP contribution in [-0.2, 0) is 29.6 Å². The average molecular weight is 537 g/mol. The number of rotatable bonds is 4. The lowest BCUT2D eigenvalue weighted by atomic mass is 10.2. The van der Waals surface area contributed by atoms with Gasteiger partial charge in [-0.1, -0.05) is 35.4 Å². The fourth-order valence-electron chi connectivity index (χ4n) is 3.73. The average Bonchev–Trinajstić information content (AvgIpc) is 2.82. The van der Waals surface area contributed by atoms with Crippen molar-refractivity contribution in [2.45, 2.75) is 43.0 Å². The van der Waals surface area contributed by atoms with Crippen molar-refractivity contribution in [2.75, 3.05) is 32.7 Å². The molecule has 0 unspecified atom stereocenters. The number of nitrogens with one attached hydrogen (secondary N) is 2. The molecule has 1 aliphatic heterocycles. The molecule has 2 aromatic carbocycles. The molecule has 0 aromatic heterocycles. The molecule has 1 heterocycles. The highest BCUT2D eigenvalue weighted by Crippen LogP contribution is 2.19. The largest absolute Gasteiger partial charge is 0.353 e. The van der Waals surface area contributed by atoms with E-state index in [9.17, 15) is 26.4 Å². The molecule has 36 heavy (non-hydrogen) atoms. The van der Waals surface area contributed by atoms with Gasteiger partial charge in [-0.2, -0.15) is 8.61 Å². The zero-order valence-electron chi connectivity index (χ0n) is 20.6. The molecule has 0 aliphatic carbocycles. The Bertz CT molecular complexity index is 1290. The van der Waals surface area contributed by atoms with Gasteiger partial charge in [0, 0.05) is 25.7 Å². The van der Waals surface area contributed by atoms with Gasteiger partial charge in [-0.05, 0) is 51.5 Å². The number of hydrogen-bond donors (Lipinski definition) is 2. The first-order chi connectivity index (χ1) is 16.9. The summed E-state index contributed by atoms with van der Waals surface area (Å²) in [4.78, 5) is 25.3. The van der Waals surface area contributed by atoms with Gasteiger partial charge < -0.3 is 10.6 Å². The van der Waals surface area contributed by atoms with Crippen LogP contribution in [0.1, 0.15) is 24.5 Å². The van der Waals surface area contributed by atoms with Crippen LogP contribution < -0.4 is 10.6 Å². The molecule has 0 saturated carbocycles. The topological polar surface area (TPSA) is 133 Å². The minimum Gasteiger partial charge on any atom is -0.353 e. The Hall–Kier alpha value is -2.80. The van der Waals surface area contributed by atoms with Crippen LogP contribution in [-0.4, -0.2) is 76.0 Å². The third-order valence-corrected chi connectivity index (χ3v) is 9.50. The van der Waals surface area contributed by atoms with Crippen molar-refractivity contribution in [1.82, 2.24) is 19.2 Å². The zero-order valence-corrected chi connectivity index (χ0v) is 22.2. The summed E-state index contributed by atoms with van der Waals surface area (Å²) in [5.41, 5.74) is 1.78. The van der Waals surface area contributed by atoms with Crippen molar-refractivity contribution in [3.8, 4) is 0 Å². The molecule has 2 N–H and O–H groups in total. The highest BCUT2D eigenvalue weighted by Gasteiger charge is 2.30. The van der Waals surface area contributed by atoms with Crippen molar-refractivity contribution in [3.05, 3.63) is 59.7 Å². The fourth-order valence-corrected chi connectivity index (χ4v) is 6.59. The number of aryl methyl sites for hydroxylation is 2. The smallest absolute Gasteiger partial charge is 0.243 e. The Labute approximate surface area is 212 Å². The predicted molar refractivity (Wildman–Crippen MR) is 135 cm³/mol. The molecule has 1 saturated heterocycles. The van der Waals surface area contributed by atoms with Crippen LogP contribution >= 0.6 is 0 Å². The SMILES string of the molecule is Cc1ccc(S(=O)(=O)N2CCCN(S(=O)(=O)c3ccc(C)cc3)CC(=O)N[C@@H](C)CNC(=O)C2)cc1. The van der Waals surface area contributed by atoms with E-state index in [0.717, 1.165) is 19.7 Å². The first-order valence-electron chi connectivity index (χ1n) is 11.6. The second-order valence-corrected chi connectivity index (χ2v) is 12.8. The number of hydrogen-bond acceptors (Lipinski definition) is 6. The molecule has 1 aliphatic rings. The van der Waals surface area contributed by atoms with E-state index < -0.39 is 51.0 Å². The molecule has 12 heteroatoms. The fraction of sp³-hybridized carbons (Fsp3) is 0.417. The second-order valence-electron chi connectivity index (χ2n) is 8.93. The highest BCUT2D eigenvalue weighted by molar-refractivity contribution is 7.89. The number of carbonyl (C=O) groups is 2. The van der Waals surface area contributed by atoms with Crippen LogP contribution in [0.2, 0.25) is 0 Å². The van der Waals surface area contributed by atoms with Crippen LogP contribution in [0.3, 0.4) is 0 Å².